The third kappa shape index (κ3) is 8.75. The molecule has 3 aromatic rings. The first-order chi connectivity index (χ1) is 21.5. The molecule has 1 saturated heterocycles. The Labute approximate surface area is 272 Å². The number of likely N-dealkylation sites (tertiary alicyclic amines) is 1. The molecule has 12 heteroatoms. The van der Waals surface area contributed by atoms with Crippen molar-refractivity contribution in [1.29, 1.82) is 0 Å². The number of rotatable bonds is 12. The number of esters is 1. The third-order valence-electron chi connectivity index (χ3n) is 7.45. The molecule has 3 aromatic carbocycles. The second-order valence-corrected chi connectivity index (χ2v) is 11.7. The van der Waals surface area contributed by atoms with Crippen molar-refractivity contribution in [3.8, 4) is 5.75 Å². The number of halogens is 2. The number of benzene rings is 3. The van der Waals surface area contributed by atoms with Crippen molar-refractivity contribution in [3.63, 3.8) is 0 Å². The van der Waals surface area contributed by atoms with Crippen LogP contribution < -0.4 is 15.5 Å². The maximum absolute atomic E-state index is 13.7. The molecule has 0 spiro atoms. The summed E-state index contributed by atoms with van der Waals surface area (Å²) in [6.45, 7) is 5.72. The Kier molecular flexibility index (Phi) is 11.4. The van der Waals surface area contributed by atoms with Crippen LogP contribution in [0.4, 0.5) is 5.69 Å². The SMILES string of the molecule is CCOC(=O)C(C)NC(=O)C(C)NC(=O)CC(=O)N(c1cccc(O)c1)C1CN(C(c2ccc(Cl)cc2)c2ccc(Cl)cc2)C1. The largest absolute Gasteiger partial charge is 0.508 e. The zero-order valence-electron chi connectivity index (χ0n) is 25.2. The van der Waals surface area contributed by atoms with E-state index in [4.69, 9.17) is 27.9 Å². The van der Waals surface area contributed by atoms with Crippen LogP contribution in [0.5, 0.6) is 5.75 Å². The first-order valence-corrected chi connectivity index (χ1v) is 15.3. The molecule has 1 fully saturated rings. The molecule has 0 aliphatic carbocycles. The summed E-state index contributed by atoms with van der Waals surface area (Å²) in [5, 5.41) is 16.4. The van der Waals surface area contributed by atoms with Crippen LogP contribution >= 0.6 is 23.2 Å². The van der Waals surface area contributed by atoms with Gasteiger partial charge in [-0.25, -0.2) is 4.79 Å². The fourth-order valence-corrected chi connectivity index (χ4v) is 5.46. The molecule has 3 N–H and O–H groups in total. The number of phenolic OH excluding ortho intramolecular Hbond substituents is 1. The Morgan fingerprint density at radius 1 is 0.911 bits per heavy atom. The van der Waals surface area contributed by atoms with Gasteiger partial charge in [0.2, 0.25) is 17.7 Å². The van der Waals surface area contributed by atoms with Crippen molar-refractivity contribution < 1.29 is 29.0 Å². The van der Waals surface area contributed by atoms with E-state index in [1.165, 1.54) is 30.9 Å². The molecule has 3 amide bonds. The molecule has 1 heterocycles. The van der Waals surface area contributed by atoms with Crippen LogP contribution in [0.25, 0.3) is 0 Å². The fourth-order valence-electron chi connectivity index (χ4n) is 5.21. The highest BCUT2D eigenvalue weighted by Gasteiger charge is 2.40. The van der Waals surface area contributed by atoms with Gasteiger partial charge in [-0.2, -0.15) is 0 Å². The van der Waals surface area contributed by atoms with E-state index in [9.17, 15) is 24.3 Å². The lowest BCUT2D eigenvalue weighted by Gasteiger charge is -2.49. The summed E-state index contributed by atoms with van der Waals surface area (Å²) in [6, 6.07) is 19.1. The first-order valence-electron chi connectivity index (χ1n) is 14.6. The molecule has 2 unspecified atom stereocenters. The zero-order valence-corrected chi connectivity index (χ0v) is 26.7. The Morgan fingerprint density at radius 2 is 1.49 bits per heavy atom. The number of amides is 3. The van der Waals surface area contributed by atoms with Gasteiger partial charge in [0, 0.05) is 34.9 Å². The number of nitrogens with one attached hydrogen (secondary N) is 2. The highest BCUT2D eigenvalue weighted by Crippen LogP contribution is 2.36. The summed E-state index contributed by atoms with van der Waals surface area (Å²) in [5.41, 5.74) is 2.47. The molecule has 0 saturated carbocycles. The van der Waals surface area contributed by atoms with Crippen LogP contribution in [-0.2, 0) is 23.9 Å². The third-order valence-corrected chi connectivity index (χ3v) is 7.95. The van der Waals surface area contributed by atoms with E-state index in [-0.39, 0.29) is 24.4 Å². The Hall–Kier alpha value is -4.12. The van der Waals surface area contributed by atoms with E-state index in [1.54, 1.807) is 19.1 Å². The van der Waals surface area contributed by atoms with Gasteiger partial charge in [-0.1, -0.05) is 53.5 Å². The van der Waals surface area contributed by atoms with Gasteiger partial charge in [-0.05, 0) is 68.3 Å². The maximum Gasteiger partial charge on any atom is 0.328 e. The van der Waals surface area contributed by atoms with Crippen LogP contribution in [0, 0.1) is 0 Å². The molecule has 2 atom stereocenters. The molecule has 1 aliphatic rings. The van der Waals surface area contributed by atoms with Gasteiger partial charge < -0.3 is 25.4 Å². The molecular formula is C33H36Cl2N4O6. The normalized spacial score (nSPS) is 14.6. The van der Waals surface area contributed by atoms with E-state index in [1.807, 2.05) is 48.5 Å². The molecule has 238 valence electrons. The van der Waals surface area contributed by atoms with Gasteiger partial charge in [0.05, 0.1) is 18.7 Å². The van der Waals surface area contributed by atoms with Gasteiger partial charge in [0.1, 0.15) is 24.3 Å². The summed E-state index contributed by atoms with van der Waals surface area (Å²) in [7, 11) is 0. The zero-order chi connectivity index (χ0) is 32.7. The number of carbonyl (C=O) groups is 4. The van der Waals surface area contributed by atoms with Crippen LogP contribution in [0.1, 0.15) is 44.4 Å². The average Bonchev–Trinajstić information content (AvgIpc) is 2.97. The van der Waals surface area contributed by atoms with E-state index in [0.29, 0.717) is 28.8 Å². The molecule has 0 bridgehead atoms. The lowest BCUT2D eigenvalue weighted by atomic mass is 9.92. The van der Waals surface area contributed by atoms with Crippen molar-refractivity contribution in [1.82, 2.24) is 15.5 Å². The summed E-state index contributed by atoms with van der Waals surface area (Å²) < 4.78 is 4.89. The molecule has 45 heavy (non-hydrogen) atoms. The second kappa shape index (κ2) is 15.2. The summed E-state index contributed by atoms with van der Waals surface area (Å²) >= 11 is 12.3. The van der Waals surface area contributed by atoms with Crippen LogP contribution in [0.15, 0.2) is 72.8 Å². The smallest absolute Gasteiger partial charge is 0.328 e. The average molecular weight is 656 g/mol. The first kappa shape index (κ1) is 33.8. The Bertz CT molecular complexity index is 1470. The van der Waals surface area contributed by atoms with Crippen LogP contribution in [0.2, 0.25) is 10.0 Å². The van der Waals surface area contributed by atoms with Crippen molar-refractivity contribution in [3.05, 3.63) is 94.0 Å². The Morgan fingerprint density at radius 3 is 2.02 bits per heavy atom. The van der Waals surface area contributed by atoms with Crippen LogP contribution in [0.3, 0.4) is 0 Å². The number of aromatic hydroxyl groups is 1. The quantitative estimate of drug-likeness (QED) is 0.194. The van der Waals surface area contributed by atoms with Gasteiger partial charge in [0.15, 0.2) is 0 Å². The molecule has 0 radical (unpaired) electrons. The van der Waals surface area contributed by atoms with Crippen LogP contribution in [-0.4, -0.2) is 71.5 Å². The highest BCUT2D eigenvalue weighted by atomic mass is 35.5. The minimum Gasteiger partial charge on any atom is -0.508 e. The van der Waals surface area contributed by atoms with Gasteiger partial charge >= 0.3 is 5.97 Å². The Balaban J connectivity index is 1.48. The molecular weight excluding hydrogens is 619 g/mol. The monoisotopic (exact) mass is 654 g/mol. The van der Waals surface area contributed by atoms with Crippen molar-refractivity contribution in [2.75, 3.05) is 24.6 Å². The minimum absolute atomic E-state index is 0.0212. The number of ether oxygens (including phenoxy) is 1. The molecule has 0 aromatic heterocycles. The van der Waals surface area contributed by atoms with Gasteiger partial charge in [-0.15, -0.1) is 0 Å². The predicted molar refractivity (Wildman–Crippen MR) is 172 cm³/mol. The minimum atomic E-state index is -1.00. The number of hydrogen-bond acceptors (Lipinski definition) is 7. The number of carbonyl (C=O) groups excluding carboxylic acids is 4. The highest BCUT2D eigenvalue weighted by molar-refractivity contribution is 6.30. The lowest BCUT2D eigenvalue weighted by molar-refractivity contribution is -0.147. The number of phenols is 1. The van der Waals surface area contributed by atoms with Gasteiger partial charge in [0.25, 0.3) is 0 Å². The lowest BCUT2D eigenvalue weighted by Crippen LogP contribution is -2.62. The van der Waals surface area contributed by atoms with Crippen molar-refractivity contribution in [2.45, 2.75) is 51.4 Å². The molecule has 1 aliphatic heterocycles. The summed E-state index contributed by atoms with van der Waals surface area (Å²) in [4.78, 5) is 54.7. The predicted octanol–water partition coefficient (Wildman–Crippen LogP) is 4.47. The topological polar surface area (TPSA) is 128 Å². The van der Waals surface area contributed by atoms with E-state index >= 15 is 0 Å². The number of hydrogen-bond donors (Lipinski definition) is 3. The summed E-state index contributed by atoms with van der Waals surface area (Å²) in [5.74, 6) is -2.36. The molecule has 10 nitrogen and oxygen atoms in total. The summed E-state index contributed by atoms with van der Waals surface area (Å²) in [6.07, 6.45) is -0.533. The van der Waals surface area contributed by atoms with E-state index in [2.05, 4.69) is 15.5 Å². The van der Waals surface area contributed by atoms with Gasteiger partial charge in [-0.3, -0.25) is 19.3 Å². The van der Waals surface area contributed by atoms with Crippen molar-refractivity contribution >= 4 is 52.6 Å². The molecule has 4 rings (SSSR count). The number of nitrogens with zero attached hydrogens (tertiary/aromatic N) is 2. The van der Waals surface area contributed by atoms with Crippen molar-refractivity contribution in [2.24, 2.45) is 0 Å². The van der Waals surface area contributed by atoms with E-state index < -0.39 is 42.2 Å². The second-order valence-electron chi connectivity index (χ2n) is 10.8. The standard InChI is InChI=1S/C33H36Cl2N4O6/c1-4-45-33(44)21(3)37-32(43)20(2)36-29(41)17-30(42)39(26-6-5-7-28(40)16-26)27-18-38(19-27)31(22-8-12-24(34)13-9-22)23-10-14-25(35)15-11-23/h5-16,20-21,27,31,40H,4,17-19H2,1-3H3,(H,36,41)(H,37,43). The fraction of sp³-hybridized carbons (Fsp3) is 0.333. The maximum atomic E-state index is 13.7. The number of anilines is 1. The van der Waals surface area contributed by atoms with E-state index in [0.717, 1.165) is 11.1 Å².